The molecule has 104 valence electrons. The van der Waals surface area contributed by atoms with Crippen LogP contribution in [-0.2, 0) is 19.4 Å². The predicted octanol–water partition coefficient (Wildman–Crippen LogP) is 2.13. The van der Waals surface area contributed by atoms with Crippen molar-refractivity contribution in [2.24, 2.45) is 0 Å². The van der Waals surface area contributed by atoms with Gasteiger partial charge in [-0.05, 0) is 24.1 Å². The zero-order valence-electron chi connectivity index (χ0n) is 11.4. The van der Waals surface area contributed by atoms with E-state index >= 15 is 0 Å². The van der Waals surface area contributed by atoms with Gasteiger partial charge in [-0.2, -0.15) is 0 Å². The minimum atomic E-state index is -0.113. The first-order valence-electron chi connectivity index (χ1n) is 6.85. The Bertz CT molecular complexity index is 634. The average molecular weight is 271 g/mol. The molecule has 0 saturated carbocycles. The second kappa shape index (κ2) is 5.36. The zero-order chi connectivity index (χ0) is 13.9. The number of benzene rings is 1. The molecule has 0 atom stereocenters. The van der Waals surface area contributed by atoms with Crippen LogP contribution in [0.25, 0.3) is 0 Å². The molecule has 5 heteroatoms. The van der Waals surface area contributed by atoms with Crippen LogP contribution in [0.5, 0.6) is 0 Å². The van der Waals surface area contributed by atoms with E-state index in [0.717, 1.165) is 30.8 Å². The monoisotopic (exact) mass is 271 g/mol. The Hall–Kier alpha value is -2.30. The third kappa shape index (κ3) is 2.52. The lowest BCUT2D eigenvalue weighted by molar-refractivity contribution is 0.0947. The number of rotatable bonds is 4. The Labute approximate surface area is 117 Å². The van der Waals surface area contributed by atoms with Crippen molar-refractivity contribution in [3.8, 4) is 0 Å². The molecule has 2 heterocycles. The van der Waals surface area contributed by atoms with E-state index in [9.17, 15) is 4.79 Å². The summed E-state index contributed by atoms with van der Waals surface area (Å²) in [5.41, 5.74) is 2.98. The van der Waals surface area contributed by atoms with Gasteiger partial charge >= 0.3 is 0 Å². The Morgan fingerprint density at radius 2 is 2.40 bits per heavy atom. The maximum atomic E-state index is 12.1. The van der Waals surface area contributed by atoms with Gasteiger partial charge in [-0.25, -0.2) is 4.98 Å². The average Bonchev–Trinajstić information content (AvgIpc) is 3.12. The highest BCUT2D eigenvalue weighted by Gasteiger charge is 2.13. The quantitative estimate of drug-likeness (QED) is 0.894. The molecule has 5 nitrogen and oxygen atoms in total. The first-order valence-corrected chi connectivity index (χ1v) is 6.85. The summed E-state index contributed by atoms with van der Waals surface area (Å²) in [5, 5.41) is 6.09. The van der Waals surface area contributed by atoms with Crippen LogP contribution in [0.4, 0.5) is 5.69 Å². The van der Waals surface area contributed by atoms with Gasteiger partial charge in [0.1, 0.15) is 5.76 Å². The highest BCUT2D eigenvalue weighted by Crippen LogP contribution is 2.23. The third-order valence-electron chi connectivity index (χ3n) is 3.43. The molecule has 0 aliphatic carbocycles. The molecule has 0 bridgehead atoms. The topological polar surface area (TPSA) is 67.2 Å². The van der Waals surface area contributed by atoms with Crippen LogP contribution in [0.1, 0.15) is 34.5 Å². The van der Waals surface area contributed by atoms with E-state index in [1.165, 1.54) is 5.56 Å². The highest BCUT2D eigenvalue weighted by atomic mass is 16.4. The van der Waals surface area contributed by atoms with Crippen LogP contribution in [0.2, 0.25) is 0 Å². The summed E-state index contributed by atoms with van der Waals surface area (Å²) in [6, 6.07) is 5.75. The second-order valence-electron chi connectivity index (χ2n) is 4.81. The van der Waals surface area contributed by atoms with Gasteiger partial charge in [-0.15, -0.1) is 0 Å². The fourth-order valence-electron chi connectivity index (χ4n) is 2.28. The molecule has 3 rings (SSSR count). The molecule has 0 saturated heterocycles. The summed E-state index contributed by atoms with van der Waals surface area (Å²) in [6.45, 7) is 3.25. The Kier molecular flexibility index (Phi) is 3.41. The van der Waals surface area contributed by atoms with E-state index in [1.54, 1.807) is 6.20 Å². The lowest BCUT2D eigenvalue weighted by Crippen LogP contribution is -2.23. The van der Waals surface area contributed by atoms with Crippen LogP contribution >= 0.6 is 0 Å². The van der Waals surface area contributed by atoms with Crippen molar-refractivity contribution >= 4 is 11.6 Å². The molecule has 0 spiro atoms. The largest absolute Gasteiger partial charge is 0.444 e. The Morgan fingerprint density at radius 1 is 1.50 bits per heavy atom. The fourth-order valence-corrected chi connectivity index (χ4v) is 2.28. The molecule has 1 aliphatic heterocycles. The minimum Gasteiger partial charge on any atom is -0.444 e. The van der Waals surface area contributed by atoms with Gasteiger partial charge < -0.3 is 15.1 Å². The second-order valence-corrected chi connectivity index (χ2v) is 4.81. The number of carbonyl (C=O) groups is 1. The molecule has 0 radical (unpaired) electrons. The Balaban J connectivity index is 1.64. The maximum absolute atomic E-state index is 12.1. The van der Waals surface area contributed by atoms with Crippen LogP contribution in [0.3, 0.4) is 0 Å². The number of oxazole rings is 1. The van der Waals surface area contributed by atoms with Crippen molar-refractivity contribution in [1.82, 2.24) is 10.3 Å². The number of nitrogens with zero attached hydrogens (tertiary/aromatic N) is 1. The van der Waals surface area contributed by atoms with Crippen LogP contribution in [0.15, 0.2) is 28.8 Å². The van der Waals surface area contributed by atoms with Crippen LogP contribution in [-0.4, -0.2) is 17.4 Å². The van der Waals surface area contributed by atoms with Crippen molar-refractivity contribution in [1.29, 1.82) is 0 Å². The van der Waals surface area contributed by atoms with Gasteiger partial charge in [0, 0.05) is 24.2 Å². The number of aryl methyl sites for hydroxylation is 1. The molecular weight excluding hydrogens is 254 g/mol. The number of fused-ring (bicyclic) bond motifs is 1. The maximum Gasteiger partial charge on any atom is 0.251 e. The minimum absolute atomic E-state index is 0.113. The van der Waals surface area contributed by atoms with Gasteiger partial charge in [0.25, 0.3) is 5.91 Å². The van der Waals surface area contributed by atoms with Gasteiger partial charge in [0.2, 0.25) is 5.89 Å². The third-order valence-corrected chi connectivity index (χ3v) is 3.43. The lowest BCUT2D eigenvalue weighted by Gasteiger charge is -2.05. The lowest BCUT2D eigenvalue weighted by atomic mass is 10.1. The summed E-state index contributed by atoms with van der Waals surface area (Å²) >= 11 is 0. The molecular formula is C15H17N3O2. The van der Waals surface area contributed by atoms with E-state index in [4.69, 9.17) is 4.42 Å². The SMILES string of the molecule is CCc1cnc(CNC(=O)c2ccc3c(c2)NCC3)o1. The summed E-state index contributed by atoms with van der Waals surface area (Å²) in [4.78, 5) is 16.2. The van der Waals surface area contributed by atoms with E-state index in [0.29, 0.717) is 18.0 Å². The van der Waals surface area contributed by atoms with Gasteiger partial charge in [-0.1, -0.05) is 13.0 Å². The normalized spacial score (nSPS) is 12.8. The molecule has 1 aromatic heterocycles. The number of hydrogen-bond donors (Lipinski definition) is 2. The Morgan fingerprint density at radius 3 is 3.20 bits per heavy atom. The molecule has 1 aromatic carbocycles. The summed E-state index contributed by atoms with van der Waals surface area (Å²) in [5.74, 6) is 1.25. The molecule has 1 amide bonds. The highest BCUT2D eigenvalue weighted by molar-refractivity contribution is 5.95. The standard InChI is InChI=1S/C15H17N3O2/c1-2-12-8-17-14(20-12)9-18-15(19)11-4-3-10-5-6-16-13(10)7-11/h3-4,7-8,16H,2,5-6,9H2,1H3,(H,18,19). The number of aromatic nitrogens is 1. The van der Waals surface area contributed by atoms with Crippen molar-refractivity contribution in [3.05, 3.63) is 47.2 Å². The van der Waals surface area contributed by atoms with Crippen molar-refractivity contribution in [2.75, 3.05) is 11.9 Å². The molecule has 1 aliphatic rings. The van der Waals surface area contributed by atoms with Crippen LogP contribution < -0.4 is 10.6 Å². The summed E-state index contributed by atoms with van der Waals surface area (Å²) in [7, 11) is 0. The molecule has 20 heavy (non-hydrogen) atoms. The van der Waals surface area contributed by atoms with E-state index in [1.807, 2.05) is 25.1 Å². The fraction of sp³-hybridized carbons (Fsp3) is 0.333. The first-order chi connectivity index (χ1) is 9.76. The van der Waals surface area contributed by atoms with E-state index in [2.05, 4.69) is 15.6 Å². The molecule has 0 unspecified atom stereocenters. The zero-order valence-corrected chi connectivity index (χ0v) is 11.4. The number of nitrogens with one attached hydrogen (secondary N) is 2. The first kappa shape index (κ1) is 12.7. The molecule has 0 fully saturated rings. The number of anilines is 1. The van der Waals surface area contributed by atoms with E-state index in [-0.39, 0.29) is 5.91 Å². The van der Waals surface area contributed by atoms with Crippen molar-refractivity contribution in [3.63, 3.8) is 0 Å². The molecule has 2 aromatic rings. The predicted molar refractivity (Wildman–Crippen MR) is 75.7 cm³/mol. The smallest absolute Gasteiger partial charge is 0.251 e. The van der Waals surface area contributed by atoms with Crippen molar-refractivity contribution < 1.29 is 9.21 Å². The number of amides is 1. The van der Waals surface area contributed by atoms with Gasteiger partial charge in [0.15, 0.2) is 0 Å². The number of hydrogen-bond acceptors (Lipinski definition) is 4. The van der Waals surface area contributed by atoms with E-state index < -0.39 is 0 Å². The summed E-state index contributed by atoms with van der Waals surface area (Å²) < 4.78 is 5.45. The number of carbonyl (C=O) groups excluding carboxylic acids is 1. The van der Waals surface area contributed by atoms with Crippen molar-refractivity contribution in [2.45, 2.75) is 26.3 Å². The van der Waals surface area contributed by atoms with Gasteiger partial charge in [0.05, 0.1) is 12.7 Å². The molecule has 2 N–H and O–H groups in total. The van der Waals surface area contributed by atoms with Gasteiger partial charge in [-0.3, -0.25) is 4.79 Å². The summed E-state index contributed by atoms with van der Waals surface area (Å²) in [6.07, 6.45) is 3.52. The van der Waals surface area contributed by atoms with Crippen LogP contribution in [0, 0.1) is 0 Å².